The average molecular weight is 454 g/mol. The third-order valence-corrected chi connectivity index (χ3v) is 6.74. The number of aromatic nitrogens is 2. The van der Waals surface area contributed by atoms with Gasteiger partial charge >= 0.3 is 5.97 Å². The molecule has 2 N–H and O–H groups in total. The highest BCUT2D eigenvalue weighted by Gasteiger charge is 2.37. The van der Waals surface area contributed by atoms with Crippen LogP contribution in [0.4, 0.5) is 5.82 Å². The first-order valence-corrected chi connectivity index (χ1v) is 11.9. The van der Waals surface area contributed by atoms with Crippen LogP contribution in [0.3, 0.4) is 0 Å². The maximum absolute atomic E-state index is 13.2. The van der Waals surface area contributed by atoms with E-state index in [0.717, 1.165) is 36.3 Å². The van der Waals surface area contributed by atoms with Gasteiger partial charge in [0, 0.05) is 29.4 Å². The smallest absolute Gasteiger partial charge is 0.337 e. The van der Waals surface area contributed by atoms with Crippen LogP contribution in [-0.2, 0) is 9.53 Å². The number of ether oxygens (including phenoxy) is 1. The molecule has 1 atom stereocenters. The lowest BCUT2D eigenvalue weighted by Crippen LogP contribution is -2.32. The van der Waals surface area contributed by atoms with E-state index in [0.29, 0.717) is 40.0 Å². The first kappa shape index (κ1) is 22.3. The van der Waals surface area contributed by atoms with E-state index in [9.17, 15) is 14.4 Å². The van der Waals surface area contributed by atoms with Crippen LogP contribution in [0.1, 0.15) is 66.9 Å². The molecule has 8 heteroatoms. The maximum atomic E-state index is 13.2. The number of carbonyl (C=O) groups excluding carboxylic acids is 2. The summed E-state index contributed by atoms with van der Waals surface area (Å²) >= 11 is 1.53. The number of anilines is 1. The number of aromatic amines is 1. The highest BCUT2D eigenvalue weighted by molar-refractivity contribution is 7.99. The van der Waals surface area contributed by atoms with Crippen molar-refractivity contribution in [3.63, 3.8) is 0 Å². The normalized spacial score (nSPS) is 17.6. The van der Waals surface area contributed by atoms with Crippen molar-refractivity contribution >= 4 is 29.3 Å². The fraction of sp³-hybridized carbons (Fsp3) is 0.417. The van der Waals surface area contributed by atoms with Crippen molar-refractivity contribution in [3.05, 3.63) is 62.6 Å². The number of benzene rings is 1. The Balaban J connectivity index is 1.78. The molecule has 0 saturated heterocycles. The number of thioether (sulfide) groups is 1. The number of fused-ring (bicyclic) bond motifs is 1. The van der Waals surface area contributed by atoms with E-state index in [-0.39, 0.29) is 11.3 Å². The summed E-state index contributed by atoms with van der Waals surface area (Å²) in [5.74, 6) is 1.04. The fourth-order valence-electron chi connectivity index (χ4n) is 4.16. The molecule has 2 aliphatic rings. The van der Waals surface area contributed by atoms with E-state index in [1.165, 1.54) is 18.9 Å². The van der Waals surface area contributed by atoms with Gasteiger partial charge in [0.25, 0.3) is 5.56 Å². The lowest BCUT2D eigenvalue weighted by Gasteiger charge is -2.32. The number of Topliss-reactive ketones (excluding diaryl/α,β-unsaturated/α-hetero) is 1. The van der Waals surface area contributed by atoms with Crippen LogP contribution in [0.15, 0.2) is 45.5 Å². The monoisotopic (exact) mass is 453 g/mol. The van der Waals surface area contributed by atoms with E-state index < -0.39 is 11.9 Å². The summed E-state index contributed by atoms with van der Waals surface area (Å²) in [5, 5.41) is 3.87. The van der Waals surface area contributed by atoms with Gasteiger partial charge in [-0.15, -0.1) is 0 Å². The zero-order valence-corrected chi connectivity index (χ0v) is 19.3. The first-order chi connectivity index (χ1) is 15.4. The number of rotatable bonds is 6. The Morgan fingerprint density at radius 3 is 2.66 bits per heavy atom. The van der Waals surface area contributed by atoms with Gasteiger partial charge in [0.05, 0.1) is 18.2 Å². The molecule has 0 radical (unpaired) electrons. The average Bonchev–Trinajstić information content (AvgIpc) is 2.77. The molecule has 2 aromatic rings. The number of H-pyrrole nitrogens is 1. The van der Waals surface area contributed by atoms with E-state index in [4.69, 9.17) is 9.72 Å². The Bertz CT molecular complexity index is 1130. The number of methoxy groups -OCH3 is 1. The van der Waals surface area contributed by atoms with Crippen LogP contribution in [-0.4, -0.2) is 34.6 Å². The van der Waals surface area contributed by atoms with Gasteiger partial charge in [-0.1, -0.05) is 37.7 Å². The Hall–Kier alpha value is -2.87. The number of esters is 1. The maximum Gasteiger partial charge on any atom is 0.337 e. The fourth-order valence-corrected chi connectivity index (χ4v) is 5.27. The van der Waals surface area contributed by atoms with Gasteiger partial charge in [-0.2, -0.15) is 0 Å². The second-order valence-corrected chi connectivity index (χ2v) is 9.59. The quantitative estimate of drug-likeness (QED) is 0.383. The largest absolute Gasteiger partial charge is 0.465 e. The minimum Gasteiger partial charge on any atom is -0.465 e. The zero-order chi connectivity index (χ0) is 22.8. The number of allylic oxidation sites excluding steroid dienone is 2. The number of nitrogens with one attached hydrogen (secondary N) is 2. The molecule has 0 fully saturated rings. The van der Waals surface area contributed by atoms with Gasteiger partial charge in [0.1, 0.15) is 5.82 Å². The molecule has 1 aliphatic carbocycles. The molecule has 0 saturated carbocycles. The van der Waals surface area contributed by atoms with Crippen LogP contribution in [0.2, 0.25) is 0 Å². The molecule has 1 aromatic carbocycles. The van der Waals surface area contributed by atoms with Crippen LogP contribution < -0.4 is 10.9 Å². The number of carbonyl (C=O) groups is 2. The van der Waals surface area contributed by atoms with E-state index in [1.807, 2.05) is 0 Å². The molecular formula is C24H27N3O4S. The number of nitrogens with zero attached hydrogens (tertiary/aromatic N) is 1. The SMILES string of the molecule is COC(=O)c1ccc(C2C3=C(CCCC3=O)Nc3nc(SCCC(C)C)[nH]c(=O)c32)cc1. The predicted molar refractivity (Wildman–Crippen MR) is 124 cm³/mol. The third kappa shape index (κ3) is 4.37. The number of hydrogen-bond acceptors (Lipinski definition) is 7. The summed E-state index contributed by atoms with van der Waals surface area (Å²) < 4.78 is 4.78. The lowest BCUT2D eigenvalue weighted by molar-refractivity contribution is -0.116. The summed E-state index contributed by atoms with van der Waals surface area (Å²) in [6.07, 6.45) is 2.99. The Labute approximate surface area is 191 Å². The van der Waals surface area contributed by atoms with Crippen LogP contribution in [0.5, 0.6) is 0 Å². The van der Waals surface area contributed by atoms with Crippen molar-refractivity contribution in [1.82, 2.24) is 9.97 Å². The highest BCUT2D eigenvalue weighted by Crippen LogP contribution is 2.43. The molecule has 32 heavy (non-hydrogen) atoms. The van der Waals surface area contributed by atoms with E-state index >= 15 is 0 Å². The van der Waals surface area contributed by atoms with Crippen molar-refractivity contribution in [3.8, 4) is 0 Å². The number of hydrogen-bond donors (Lipinski definition) is 2. The molecular weight excluding hydrogens is 426 g/mol. The third-order valence-electron chi connectivity index (χ3n) is 5.84. The van der Waals surface area contributed by atoms with Crippen molar-refractivity contribution < 1.29 is 14.3 Å². The first-order valence-electron chi connectivity index (χ1n) is 10.9. The molecule has 1 unspecified atom stereocenters. The molecule has 4 rings (SSSR count). The van der Waals surface area contributed by atoms with Gasteiger partial charge in [0.15, 0.2) is 10.9 Å². The minimum absolute atomic E-state index is 0.0428. The minimum atomic E-state index is -0.522. The molecule has 2 heterocycles. The second-order valence-electron chi connectivity index (χ2n) is 8.50. The highest BCUT2D eigenvalue weighted by atomic mass is 32.2. The van der Waals surface area contributed by atoms with E-state index in [1.54, 1.807) is 24.3 Å². The second kappa shape index (κ2) is 9.32. The topological polar surface area (TPSA) is 101 Å². The van der Waals surface area contributed by atoms with Crippen molar-refractivity contribution in [2.45, 2.75) is 50.6 Å². The van der Waals surface area contributed by atoms with Crippen molar-refractivity contribution in [2.24, 2.45) is 5.92 Å². The molecule has 0 bridgehead atoms. The van der Waals surface area contributed by atoms with Gasteiger partial charge in [-0.25, -0.2) is 9.78 Å². The summed E-state index contributed by atoms with van der Waals surface area (Å²) in [5.41, 5.74) is 2.85. The predicted octanol–water partition coefficient (Wildman–Crippen LogP) is 4.26. The summed E-state index contributed by atoms with van der Waals surface area (Å²) in [4.78, 5) is 45.6. The van der Waals surface area contributed by atoms with Crippen molar-refractivity contribution in [2.75, 3.05) is 18.2 Å². The van der Waals surface area contributed by atoms with Crippen LogP contribution in [0, 0.1) is 5.92 Å². The molecule has 1 aliphatic heterocycles. The Morgan fingerprint density at radius 1 is 1.22 bits per heavy atom. The van der Waals surface area contributed by atoms with Gasteiger partial charge < -0.3 is 15.0 Å². The molecule has 0 spiro atoms. The summed E-state index contributed by atoms with van der Waals surface area (Å²) in [7, 11) is 1.33. The van der Waals surface area contributed by atoms with Crippen LogP contribution in [0.25, 0.3) is 0 Å². The summed E-state index contributed by atoms with van der Waals surface area (Å²) in [6, 6.07) is 6.88. The molecule has 7 nitrogen and oxygen atoms in total. The van der Waals surface area contributed by atoms with Crippen LogP contribution >= 0.6 is 11.8 Å². The van der Waals surface area contributed by atoms with Gasteiger partial charge in [-0.3, -0.25) is 9.59 Å². The lowest BCUT2D eigenvalue weighted by atomic mass is 9.76. The van der Waals surface area contributed by atoms with Gasteiger partial charge in [-0.05, 0) is 42.9 Å². The Kier molecular flexibility index (Phi) is 6.50. The number of ketones is 1. The summed E-state index contributed by atoms with van der Waals surface area (Å²) in [6.45, 7) is 4.32. The Morgan fingerprint density at radius 2 is 1.97 bits per heavy atom. The molecule has 168 valence electrons. The standard InChI is InChI=1S/C24H27N3O4S/c1-13(2)11-12-32-24-26-21-20(22(29)27-24)18(19-16(25-21)5-4-6-17(19)28)14-7-9-15(10-8-14)23(30)31-3/h7-10,13,18H,4-6,11-12H2,1-3H3,(H2,25,26,27,29). The zero-order valence-electron chi connectivity index (χ0n) is 18.5. The molecule has 0 amide bonds. The molecule has 1 aromatic heterocycles. The van der Waals surface area contributed by atoms with E-state index in [2.05, 4.69) is 24.1 Å². The van der Waals surface area contributed by atoms with Gasteiger partial charge in [0.2, 0.25) is 0 Å². The van der Waals surface area contributed by atoms with Crippen molar-refractivity contribution in [1.29, 1.82) is 0 Å².